The largest absolute Gasteiger partial charge is 0.600 e. The van der Waals surface area contributed by atoms with E-state index in [0.717, 1.165) is 69.1 Å². The molecule has 3 fully saturated rings. The normalized spacial score (nSPS) is 42.6. The molecule has 0 radical (unpaired) electrons. The first-order chi connectivity index (χ1) is 11.6. The summed E-state index contributed by atoms with van der Waals surface area (Å²) < 4.78 is 13.2. The van der Waals surface area contributed by atoms with Crippen molar-refractivity contribution in [2.45, 2.75) is 82.8 Å². The van der Waals surface area contributed by atoms with E-state index in [1.807, 2.05) is 0 Å². The summed E-state index contributed by atoms with van der Waals surface area (Å²) in [5.41, 5.74) is 0. The van der Waals surface area contributed by atoms with Gasteiger partial charge in [0, 0.05) is 18.8 Å². The van der Waals surface area contributed by atoms with Crippen LogP contribution >= 0.6 is 0 Å². The highest BCUT2D eigenvalue weighted by molar-refractivity contribution is 4.76. The zero-order chi connectivity index (χ0) is 16.9. The number of piperidine rings is 1. The van der Waals surface area contributed by atoms with Gasteiger partial charge in [0.25, 0.3) is 0 Å². The maximum atomic E-state index is 13.2. The average Bonchev–Trinajstić information content (AvgIpc) is 2.59. The van der Waals surface area contributed by atoms with Gasteiger partial charge in [0.05, 0.1) is 19.6 Å². The minimum Gasteiger partial charge on any atom is -0.600 e. The molecule has 3 aliphatic rings. The number of rotatable bonds is 5. The Balaban J connectivity index is 1.31. The zero-order valence-corrected chi connectivity index (χ0v) is 15.0. The van der Waals surface area contributed by atoms with Gasteiger partial charge in [-0.2, -0.15) is 0 Å². The van der Waals surface area contributed by atoms with E-state index >= 15 is 0 Å². The summed E-state index contributed by atoms with van der Waals surface area (Å²) in [7, 11) is 0. The third-order valence-corrected chi connectivity index (χ3v) is 7.03. The smallest absolute Gasteiger partial charge is 0.117 e. The molecule has 0 aromatic rings. The third-order valence-electron chi connectivity index (χ3n) is 7.03. The van der Waals surface area contributed by atoms with Gasteiger partial charge in [0.1, 0.15) is 12.2 Å². The van der Waals surface area contributed by atoms with Crippen molar-refractivity contribution < 1.29 is 19.7 Å². The van der Waals surface area contributed by atoms with Crippen LogP contribution in [0.5, 0.6) is 0 Å². The molecular formula is C19H36FN2O2+. The lowest BCUT2D eigenvalue weighted by molar-refractivity contribution is -1.07. The lowest BCUT2D eigenvalue weighted by Gasteiger charge is -2.36. The first-order valence-corrected chi connectivity index (χ1v) is 10.3. The average molecular weight is 344 g/mol. The SMILES string of the molecule is [O-][NH+](O)C1CCC(CC2CC[NH+](CC3CCC(F)CC3)CC2)CC1. The number of hydrogen-bond acceptors (Lipinski definition) is 2. The van der Waals surface area contributed by atoms with Crippen LogP contribution in [0, 0.1) is 23.0 Å². The van der Waals surface area contributed by atoms with Gasteiger partial charge in [0.15, 0.2) is 0 Å². The zero-order valence-electron chi connectivity index (χ0n) is 15.0. The highest BCUT2D eigenvalue weighted by Crippen LogP contribution is 2.31. The van der Waals surface area contributed by atoms with Crippen molar-refractivity contribution in [2.75, 3.05) is 19.6 Å². The van der Waals surface area contributed by atoms with Crippen molar-refractivity contribution in [1.82, 2.24) is 0 Å². The quantitative estimate of drug-likeness (QED) is 0.663. The minimum atomic E-state index is -0.591. The molecule has 3 N–H and O–H groups in total. The van der Waals surface area contributed by atoms with Crippen LogP contribution in [0.4, 0.5) is 4.39 Å². The van der Waals surface area contributed by atoms with Crippen LogP contribution in [-0.2, 0) is 0 Å². The first-order valence-electron chi connectivity index (χ1n) is 10.3. The van der Waals surface area contributed by atoms with E-state index in [4.69, 9.17) is 5.21 Å². The van der Waals surface area contributed by atoms with Crippen LogP contribution in [0.15, 0.2) is 0 Å². The molecule has 140 valence electrons. The summed E-state index contributed by atoms with van der Waals surface area (Å²) >= 11 is 0. The Kier molecular flexibility index (Phi) is 6.90. The molecule has 0 amide bonds. The van der Waals surface area contributed by atoms with Gasteiger partial charge in [-0.05, 0) is 69.6 Å². The van der Waals surface area contributed by atoms with Gasteiger partial charge in [-0.15, -0.1) is 0 Å². The number of alkyl halides is 1. The molecule has 1 aliphatic heterocycles. The molecule has 1 unspecified atom stereocenters. The standard InChI is InChI=1S/C19H35FN2O2/c20-18-5-1-17(2-6-18)14-21-11-9-16(10-12-21)13-15-3-7-19(8-4-15)22(23)24/h15-19,22-23H,1-14H2/p+1. The van der Waals surface area contributed by atoms with Crippen LogP contribution < -0.4 is 10.1 Å². The monoisotopic (exact) mass is 343 g/mol. The minimum absolute atomic E-state index is 0.0769. The molecule has 24 heavy (non-hydrogen) atoms. The van der Waals surface area contributed by atoms with Gasteiger partial charge in [-0.1, -0.05) is 0 Å². The van der Waals surface area contributed by atoms with E-state index < -0.39 is 11.4 Å². The van der Waals surface area contributed by atoms with E-state index in [9.17, 15) is 9.60 Å². The van der Waals surface area contributed by atoms with Gasteiger partial charge < -0.3 is 10.1 Å². The Morgan fingerprint density at radius 1 is 0.833 bits per heavy atom. The summed E-state index contributed by atoms with van der Waals surface area (Å²) in [5, 5.41) is 19.6. The maximum absolute atomic E-state index is 13.2. The number of halogens is 1. The highest BCUT2D eigenvalue weighted by Gasteiger charge is 2.31. The molecule has 3 rings (SSSR count). The van der Waals surface area contributed by atoms with Crippen molar-refractivity contribution in [2.24, 2.45) is 17.8 Å². The molecule has 1 atom stereocenters. The number of nitrogens with one attached hydrogen (secondary N) is 2. The molecule has 1 heterocycles. The Morgan fingerprint density at radius 3 is 1.96 bits per heavy atom. The van der Waals surface area contributed by atoms with Crippen molar-refractivity contribution in [3.63, 3.8) is 0 Å². The Bertz CT molecular complexity index is 358. The molecule has 5 heteroatoms. The number of hydrogen-bond donors (Lipinski definition) is 3. The first kappa shape index (κ1) is 18.6. The topological polar surface area (TPSA) is 52.2 Å². The second kappa shape index (κ2) is 8.93. The lowest BCUT2D eigenvalue weighted by atomic mass is 9.78. The fourth-order valence-corrected chi connectivity index (χ4v) is 5.38. The van der Waals surface area contributed by atoms with E-state index in [1.165, 1.54) is 38.9 Å². The van der Waals surface area contributed by atoms with Gasteiger partial charge in [-0.3, -0.25) is 0 Å². The second-order valence-corrected chi connectivity index (χ2v) is 8.81. The fourth-order valence-electron chi connectivity index (χ4n) is 5.38. The fraction of sp³-hybridized carbons (Fsp3) is 1.00. The molecule has 2 saturated carbocycles. The van der Waals surface area contributed by atoms with E-state index in [0.29, 0.717) is 0 Å². The molecule has 0 bridgehead atoms. The number of likely N-dealkylation sites (tertiary alicyclic amines) is 1. The molecule has 0 aromatic carbocycles. The number of quaternary nitrogens is 2. The highest BCUT2D eigenvalue weighted by atomic mass is 19.1. The molecule has 0 spiro atoms. The van der Waals surface area contributed by atoms with Crippen molar-refractivity contribution >= 4 is 0 Å². The van der Waals surface area contributed by atoms with Crippen LogP contribution in [0.1, 0.15) is 70.6 Å². The van der Waals surface area contributed by atoms with Gasteiger partial charge >= 0.3 is 0 Å². The van der Waals surface area contributed by atoms with Crippen molar-refractivity contribution in [3.8, 4) is 0 Å². The Hall–Kier alpha value is -0.230. The number of hydroxylamine groups is 2. The molecule has 4 nitrogen and oxygen atoms in total. The van der Waals surface area contributed by atoms with E-state index in [2.05, 4.69) is 0 Å². The van der Waals surface area contributed by atoms with Crippen LogP contribution in [0.3, 0.4) is 0 Å². The molecule has 1 saturated heterocycles. The van der Waals surface area contributed by atoms with Crippen LogP contribution in [0.25, 0.3) is 0 Å². The Labute approximate surface area is 145 Å². The summed E-state index contributed by atoms with van der Waals surface area (Å²) in [5.74, 6) is 2.39. The maximum Gasteiger partial charge on any atom is 0.117 e. The molecule has 0 aromatic heterocycles. The summed E-state index contributed by atoms with van der Waals surface area (Å²) in [4.78, 5) is 1.75. The molecular weight excluding hydrogens is 307 g/mol. The second-order valence-electron chi connectivity index (χ2n) is 8.81. The Morgan fingerprint density at radius 2 is 1.38 bits per heavy atom. The van der Waals surface area contributed by atoms with Crippen molar-refractivity contribution in [1.29, 1.82) is 0 Å². The predicted molar refractivity (Wildman–Crippen MR) is 91.6 cm³/mol. The van der Waals surface area contributed by atoms with Crippen LogP contribution in [0.2, 0.25) is 0 Å². The van der Waals surface area contributed by atoms with Crippen LogP contribution in [-0.4, -0.2) is 37.1 Å². The molecule has 2 aliphatic carbocycles. The van der Waals surface area contributed by atoms with Crippen molar-refractivity contribution in [3.05, 3.63) is 5.21 Å². The predicted octanol–water partition coefficient (Wildman–Crippen LogP) is 1.53. The van der Waals surface area contributed by atoms with E-state index in [-0.39, 0.29) is 6.04 Å². The lowest BCUT2D eigenvalue weighted by Crippen LogP contribution is -3.13. The summed E-state index contributed by atoms with van der Waals surface area (Å²) in [6.07, 6.45) is 11.3. The third kappa shape index (κ3) is 5.38. The van der Waals surface area contributed by atoms with Gasteiger partial charge in [-0.25, -0.2) is 14.8 Å². The van der Waals surface area contributed by atoms with E-state index in [1.54, 1.807) is 4.90 Å². The van der Waals surface area contributed by atoms with Gasteiger partial charge in [0.2, 0.25) is 0 Å². The summed E-state index contributed by atoms with van der Waals surface area (Å²) in [6.45, 7) is 3.86. The summed E-state index contributed by atoms with van der Waals surface area (Å²) in [6, 6.07) is -0.0769.